The zero-order valence-electron chi connectivity index (χ0n) is 16.2. The SMILES string of the molecule is CS(=O)(=O)Nc1ccc(Cn2c(C(=O)O)c(-c3ccccc3)c3ccccc32)cc1. The second-order valence-corrected chi connectivity index (χ2v) is 8.82. The first-order valence-electron chi connectivity index (χ1n) is 9.30. The molecular weight excluding hydrogens is 400 g/mol. The minimum Gasteiger partial charge on any atom is -0.477 e. The molecule has 0 aliphatic rings. The van der Waals surface area contributed by atoms with E-state index < -0.39 is 16.0 Å². The number of carboxylic acid groups (broad SMARTS) is 1. The fourth-order valence-corrected chi connectivity index (χ4v) is 4.23. The van der Waals surface area contributed by atoms with Crippen molar-refractivity contribution >= 4 is 32.6 Å². The molecule has 7 heteroatoms. The molecule has 0 spiro atoms. The molecule has 2 N–H and O–H groups in total. The minimum atomic E-state index is -3.36. The van der Waals surface area contributed by atoms with Gasteiger partial charge in [-0.05, 0) is 29.3 Å². The molecule has 4 rings (SSSR count). The molecule has 0 aliphatic heterocycles. The number of carbonyl (C=O) groups is 1. The van der Waals surface area contributed by atoms with Gasteiger partial charge in [-0.1, -0.05) is 60.7 Å². The van der Waals surface area contributed by atoms with Crippen LogP contribution in [0.4, 0.5) is 5.69 Å². The smallest absolute Gasteiger partial charge is 0.353 e. The molecule has 0 saturated heterocycles. The van der Waals surface area contributed by atoms with E-state index in [1.165, 1.54) is 0 Å². The molecule has 6 nitrogen and oxygen atoms in total. The molecule has 1 heterocycles. The molecule has 0 atom stereocenters. The van der Waals surface area contributed by atoms with Gasteiger partial charge >= 0.3 is 5.97 Å². The zero-order chi connectivity index (χ0) is 21.3. The Labute approximate surface area is 174 Å². The lowest BCUT2D eigenvalue weighted by molar-refractivity contribution is 0.0687. The van der Waals surface area contributed by atoms with Gasteiger partial charge in [-0.15, -0.1) is 0 Å². The number of sulfonamides is 1. The Bertz CT molecular complexity index is 1330. The number of rotatable bonds is 6. The molecule has 3 aromatic carbocycles. The molecule has 0 radical (unpaired) electrons. The van der Waals surface area contributed by atoms with E-state index in [2.05, 4.69) is 4.72 Å². The van der Waals surface area contributed by atoms with Crippen LogP contribution in [0.15, 0.2) is 78.9 Å². The van der Waals surface area contributed by atoms with Crippen LogP contribution in [0.3, 0.4) is 0 Å². The summed E-state index contributed by atoms with van der Waals surface area (Å²) in [5.74, 6) is -1.000. The van der Waals surface area contributed by atoms with Crippen molar-refractivity contribution in [2.45, 2.75) is 6.54 Å². The molecule has 0 fully saturated rings. The largest absolute Gasteiger partial charge is 0.477 e. The van der Waals surface area contributed by atoms with Crippen LogP contribution >= 0.6 is 0 Å². The van der Waals surface area contributed by atoms with Crippen LogP contribution in [0.1, 0.15) is 16.1 Å². The first-order chi connectivity index (χ1) is 14.3. The van der Waals surface area contributed by atoms with Crippen molar-refractivity contribution in [3.8, 4) is 11.1 Å². The summed E-state index contributed by atoms with van der Waals surface area (Å²) in [6, 6.07) is 24.0. The number of anilines is 1. The van der Waals surface area contributed by atoms with E-state index in [-0.39, 0.29) is 5.69 Å². The van der Waals surface area contributed by atoms with E-state index in [1.54, 1.807) is 28.8 Å². The highest BCUT2D eigenvalue weighted by molar-refractivity contribution is 7.92. The summed E-state index contributed by atoms with van der Waals surface area (Å²) in [5, 5.41) is 10.9. The topological polar surface area (TPSA) is 88.4 Å². The van der Waals surface area contributed by atoms with Gasteiger partial charge in [-0.2, -0.15) is 0 Å². The molecule has 1 aromatic heterocycles. The number of hydrogen-bond donors (Lipinski definition) is 2. The van der Waals surface area contributed by atoms with Crippen molar-refractivity contribution in [3.05, 3.63) is 90.1 Å². The Kier molecular flexibility index (Phi) is 5.05. The Morgan fingerprint density at radius 2 is 1.57 bits per heavy atom. The first-order valence-corrected chi connectivity index (χ1v) is 11.2. The summed E-state index contributed by atoms with van der Waals surface area (Å²) in [6.07, 6.45) is 1.09. The van der Waals surface area contributed by atoms with Crippen molar-refractivity contribution in [2.75, 3.05) is 11.0 Å². The molecule has 0 amide bonds. The van der Waals surface area contributed by atoms with Gasteiger partial charge in [-0.3, -0.25) is 4.72 Å². The van der Waals surface area contributed by atoms with Crippen molar-refractivity contribution in [2.24, 2.45) is 0 Å². The lowest BCUT2D eigenvalue weighted by atomic mass is 10.0. The highest BCUT2D eigenvalue weighted by atomic mass is 32.2. The fourth-order valence-electron chi connectivity index (χ4n) is 3.66. The van der Waals surface area contributed by atoms with Gasteiger partial charge in [0.2, 0.25) is 10.0 Å². The second-order valence-electron chi connectivity index (χ2n) is 7.07. The van der Waals surface area contributed by atoms with Gasteiger partial charge in [-0.25, -0.2) is 13.2 Å². The highest BCUT2D eigenvalue weighted by Crippen LogP contribution is 2.35. The van der Waals surface area contributed by atoms with Gasteiger partial charge in [0.05, 0.1) is 6.26 Å². The van der Waals surface area contributed by atoms with Crippen LogP contribution in [0.2, 0.25) is 0 Å². The molecule has 0 bridgehead atoms. The first kappa shape index (κ1) is 19.7. The fraction of sp³-hybridized carbons (Fsp3) is 0.0870. The highest BCUT2D eigenvalue weighted by Gasteiger charge is 2.23. The van der Waals surface area contributed by atoms with Gasteiger partial charge < -0.3 is 9.67 Å². The molecular formula is C23H20N2O4S. The average molecular weight is 420 g/mol. The van der Waals surface area contributed by atoms with E-state index in [9.17, 15) is 18.3 Å². The maximum Gasteiger partial charge on any atom is 0.353 e. The number of nitrogens with one attached hydrogen (secondary N) is 1. The standard InChI is InChI=1S/C23H20N2O4S/c1-30(28,29)24-18-13-11-16(12-14-18)15-25-20-10-6-5-9-19(20)21(22(25)23(26)27)17-7-3-2-4-8-17/h2-14,24H,15H2,1H3,(H,26,27). The quantitative estimate of drug-likeness (QED) is 0.483. The third-order valence-electron chi connectivity index (χ3n) is 4.83. The van der Waals surface area contributed by atoms with E-state index in [0.717, 1.165) is 28.3 Å². The lowest BCUT2D eigenvalue weighted by Gasteiger charge is -2.11. The Hall–Kier alpha value is -3.58. The Morgan fingerprint density at radius 3 is 2.20 bits per heavy atom. The van der Waals surface area contributed by atoms with E-state index in [1.807, 2.05) is 54.6 Å². The molecule has 4 aromatic rings. The van der Waals surface area contributed by atoms with Crippen molar-refractivity contribution in [1.29, 1.82) is 0 Å². The number of benzene rings is 3. The summed E-state index contributed by atoms with van der Waals surface area (Å²) >= 11 is 0. The third-order valence-corrected chi connectivity index (χ3v) is 5.44. The summed E-state index contributed by atoms with van der Waals surface area (Å²) in [6.45, 7) is 0.341. The lowest BCUT2D eigenvalue weighted by Crippen LogP contribution is -2.11. The van der Waals surface area contributed by atoms with E-state index in [4.69, 9.17) is 0 Å². The van der Waals surface area contributed by atoms with E-state index >= 15 is 0 Å². The number of fused-ring (bicyclic) bond motifs is 1. The number of carboxylic acids is 1. The number of aromatic carboxylic acids is 1. The normalized spacial score (nSPS) is 11.5. The summed E-state index contributed by atoms with van der Waals surface area (Å²) in [5.41, 5.74) is 3.90. The Balaban J connectivity index is 1.83. The number of aromatic nitrogens is 1. The molecule has 0 saturated carbocycles. The minimum absolute atomic E-state index is 0.223. The van der Waals surface area contributed by atoms with E-state index in [0.29, 0.717) is 17.8 Å². The van der Waals surface area contributed by atoms with Crippen LogP contribution in [-0.4, -0.2) is 30.3 Å². The van der Waals surface area contributed by atoms with Crippen LogP contribution in [0.25, 0.3) is 22.0 Å². The van der Waals surface area contributed by atoms with Crippen LogP contribution in [-0.2, 0) is 16.6 Å². The second kappa shape index (κ2) is 7.68. The Morgan fingerprint density at radius 1 is 0.933 bits per heavy atom. The monoisotopic (exact) mass is 420 g/mol. The summed E-state index contributed by atoms with van der Waals surface area (Å²) in [7, 11) is -3.36. The van der Waals surface area contributed by atoms with Gasteiger partial charge in [0.15, 0.2) is 0 Å². The van der Waals surface area contributed by atoms with Crippen molar-refractivity contribution < 1.29 is 18.3 Å². The van der Waals surface area contributed by atoms with Gasteiger partial charge in [0.25, 0.3) is 0 Å². The molecule has 30 heavy (non-hydrogen) atoms. The summed E-state index contributed by atoms with van der Waals surface area (Å²) < 4.78 is 27.0. The van der Waals surface area contributed by atoms with Gasteiger partial charge in [0, 0.05) is 28.7 Å². The predicted molar refractivity (Wildman–Crippen MR) is 118 cm³/mol. The molecule has 0 aliphatic carbocycles. The molecule has 152 valence electrons. The van der Waals surface area contributed by atoms with Crippen LogP contribution in [0, 0.1) is 0 Å². The van der Waals surface area contributed by atoms with Crippen LogP contribution in [0.5, 0.6) is 0 Å². The third kappa shape index (κ3) is 3.92. The molecule has 0 unspecified atom stereocenters. The number of hydrogen-bond acceptors (Lipinski definition) is 3. The van der Waals surface area contributed by atoms with Crippen molar-refractivity contribution in [1.82, 2.24) is 4.57 Å². The van der Waals surface area contributed by atoms with Crippen molar-refractivity contribution in [3.63, 3.8) is 0 Å². The zero-order valence-corrected chi connectivity index (χ0v) is 17.1. The number of nitrogens with zero attached hydrogens (tertiary/aromatic N) is 1. The van der Waals surface area contributed by atoms with Crippen LogP contribution < -0.4 is 4.72 Å². The average Bonchev–Trinajstić information content (AvgIpc) is 3.04. The van der Waals surface area contributed by atoms with Gasteiger partial charge in [0.1, 0.15) is 5.69 Å². The number of para-hydroxylation sites is 1. The summed E-state index contributed by atoms with van der Waals surface area (Å²) in [4.78, 5) is 12.3. The maximum absolute atomic E-state index is 12.3. The maximum atomic E-state index is 12.3. The predicted octanol–water partition coefficient (Wildman–Crippen LogP) is 4.43.